The van der Waals surface area contributed by atoms with Crippen molar-refractivity contribution in [3.63, 3.8) is 0 Å². The number of rotatable bonds is 3. The van der Waals surface area contributed by atoms with E-state index in [0.29, 0.717) is 9.04 Å². The van der Waals surface area contributed by atoms with Crippen molar-refractivity contribution in [2.45, 2.75) is 87.6 Å². The first-order valence-electron chi connectivity index (χ1n) is 15.0. The summed E-state index contributed by atoms with van der Waals surface area (Å²) in [4.78, 5) is 0. The maximum Gasteiger partial charge on any atom is -1.00 e. The van der Waals surface area contributed by atoms with Crippen LogP contribution in [0.25, 0.3) is 11.1 Å². The van der Waals surface area contributed by atoms with Crippen LogP contribution >= 0.6 is 0 Å². The third-order valence-corrected chi connectivity index (χ3v) is 19.9. The summed E-state index contributed by atoms with van der Waals surface area (Å²) in [7, 11) is 0. The molecule has 7 aliphatic rings. The minimum Gasteiger partial charge on any atom is -1.00 e. The molecule has 0 unspecified atom stereocenters. The van der Waals surface area contributed by atoms with E-state index in [9.17, 15) is 0 Å². The van der Waals surface area contributed by atoms with Crippen molar-refractivity contribution in [3.8, 4) is 11.1 Å². The van der Waals surface area contributed by atoms with Crippen LogP contribution < -0.4 is 24.8 Å². The van der Waals surface area contributed by atoms with Gasteiger partial charge in [0.05, 0.1) is 0 Å². The first-order chi connectivity index (χ1) is 17.7. The zero-order valence-corrected chi connectivity index (χ0v) is 26.7. The normalized spacial score (nSPS) is 30.7. The molecule has 0 aliphatic heterocycles. The monoisotopic (exact) mass is 620 g/mol. The van der Waals surface area contributed by atoms with Crippen molar-refractivity contribution in [2.75, 3.05) is 0 Å². The predicted molar refractivity (Wildman–Crippen MR) is 148 cm³/mol. The SMILES string of the molecule is CC1=CC[C]([Zr+2](=[C]2CCCCC2)[CH]2c3ccccc3-c3ccccc32)=C1C12CC3CC(CC(C3)C1)C2.[Cl-].[Cl-]. The largest absolute Gasteiger partial charge is 1.00 e. The van der Waals surface area contributed by atoms with Gasteiger partial charge >= 0.3 is 227 Å². The fourth-order valence-corrected chi connectivity index (χ4v) is 20.9. The molecule has 0 spiro atoms. The topological polar surface area (TPSA) is 0 Å². The number of hydrogen-bond acceptors (Lipinski definition) is 0. The first-order valence-corrected chi connectivity index (χ1v) is 18.9. The average molecular weight is 623 g/mol. The van der Waals surface area contributed by atoms with Gasteiger partial charge < -0.3 is 24.8 Å². The van der Waals surface area contributed by atoms with Crippen molar-refractivity contribution in [1.82, 2.24) is 0 Å². The number of benzene rings is 2. The van der Waals surface area contributed by atoms with Crippen molar-refractivity contribution < 1.29 is 46.1 Å². The van der Waals surface area contributed by atoms with Gasteiger partial charge in [0, 0.05) is 0 Å². The number of hydrogen-bond donors (Lipinski definition) is 0. The molecule has 5 saturated carbocycles. The minimum absolute atomic E-state index is 0. The number of allylic oxidation sites excluding steroid dienone is 4. The summed E-state index contributed by atoms with van der Waals surface area (Å²) in [5, 5.41) is 0. The Morgan fingerprint density at radius 3 is 1.79 bits per heavy atom. The maximum absolute atomic E-state index is 2.69. The molecule has 0 nitrogen and oxygen atoms in total. The standard InChI is InChI=1S/C16H21.C13H9.C6H10.2ClH.Zr/c1-11-3-2-4-15(11)16-8-12-5-13(9-16)7-14(6-12)10-16;1-3-7-12-10(5-1)9-11-6-2-4-8-13(11)12;1-2-4-6-5-3-1;;;/h3,12-14H,2,5-10H2,1H3;1-9H;1-5H2;2*1H;/q;;;;;+2/p-2. The van der Waals surface area contributed by atoms with E-state index in [1.807, 2.05) is 5.57 Å². The summed E-state index contributed by atoms with van der Waals surface area (Å²) in [6.07, 6.45) is 20.4. The first kappa shape index (κ1) is 27.4. The molecule has 3 heteroatoms. The van der Waals surface area contributed by atoms with E-state index in [-0.39, 0.29) is 24.8 Å². The zero-order valence-electron chi connectivity index (χ0n) is 22.7. The second-order valence-corrected chi connectivity index (χ2v) is 20.0. The molecule has 2 aromatic rings. The van der Waals surface area contributed by atoms with Crippen molar-refractivity contribution in [2.24, 2.45) is 23.2 Å². The summed E-state index contributed by atoms with van der Waals surface area (Å²) in [6, 6.07) is 19.1. The van der Waals surface area contributed by atoms with E-state index < -0.39 is 21.3 Å². The van der Waals surface area contributed by atoms with Crippen LogP contribution in [0.15, 0.2) is 69.0 Å². The summed E-state index contributed by atoms with van der Waals surface area (Å²) < 4.78 is 4.84. The Kier molecular flexibility index (Phi) is 7.64. The number of halogens is 2. The van der Waals surface area contributed by atoms with Gasteiger partial charge in [-0.1, -0.05) is 0 Å². The van der Waals surface area contributed by atoms with Gasteiger partial charge in [-0.2, -0.15) is 0 Å². The summed E-state index contributed by atoms with van der Waals surface area (Å²) in [5.74, 6) is 3.09. The second-order valence-electron chi connectivity index (χ2n) is 13.3. The van der Waals surface area contributed by atoms with Gasteiger partial charge in [-0.25, -0.2) is 0 Å². The minimum atomic E-state index is -2.19. The van der Waals surface area contributed by atoms with Crippen LogP contribution in [0.5, 0.6) is 0 Å². The molecule has 2 aromatic carbocycles. The molecule has 5 fully saturated rings. The van der Waals surface area contributed by atoms with Crippen LogP contribution in [0.4, 0.5) is 0 Å². The molecule has 4 bridgehead atoms. The van der Waals surface area contributed by atoms with Crippen LogP contribution in [-0.4, -0.2) is 3.21 Å². The van der Waals surface area contributed by atoms with E-state index in [1.54, 1.807) is 47.1 Å². The molecular formula is C35H40Cl2Zr. The Bertz CT molecular complexity index is 1260. The van der Waals surface area contributed by atoms with Crippen LogP contribution in [-0.2, 0) is 21.3 Å². The van der Waals surface area contributed by atoms with Crippen molar-refractivity contribution >= 4 is 3.21 Å². The fraction of sp³-hybridized carbons (Fsp3) is 0.514. The molecule has 7 aliphatic carbocycles. The summed E-state index contributed by atoms with van der Waals surface area (Å²) in [5.41, 5.74) is 10.7. The van der Waals surface area contributed by atoms with E-state index >= 15 is 0 Å². The van der Waals surface area contributed by atoms with Gasteiger partial charge in [0.1, 0.15) is 0 Å². The van der Waals surface area contributed by atoms with Crippen LogP contribution in [0, 0.1) is 23.2 Å². The van der Waals surface area contributed by atoms with E-state index in [2.05, 4.69) is 68.0 Å². The van der Waals surface area contributed by atoms with Gasteiger partial charge in [0.25, 0.3) is 0 Å². The Labute approximate surface area is 249 Å². The molecule has 0 radical (unpaired) electrons. The van der Waals surface area contributed by atoms with E-state index in [0.717, 1.165) is 17.8 Å². The van der Waals surface area contributed by atoms with Crippen molar-refractivity contribution in [3.05, 3.63) is 80.2 Å². The van der Waals surface area contributed by atoms with Gasteiger partial charge in [0.2, 0.25) is 0 Å². The van der Waals surface area contributed by atoms with Gasteiger partial charge in [-0.3, -0.25) is 0 Å². The maximum atomic E-state index is 2.69. The fourth-order valence-electron chi connectivity index (χ4n) is 10.4. The third kappa shape index (κ3) is 4.20. The zero-order chi connectivity index (χ0) is 23.9. The molecule has 198 valence electrons. The Hall–Kier alpha value is -0.747. The van der Waals surface area contributed by atoms with Gasteiger partial charge in [0.15, 0.2) is 0 Å². The summed E-state index contributed by atoms with van der Waals surface area (Å²) >= 11 is -2.19. The Balaban J connectivity index is 0.00000132. The van der Waals surface area contributed by atoms with Gasteiger partial charge in [-0.05, 0) is 0 Å². The Morgan fingerprint density at radius 2 is 1.24 bits per heavy atom. The van der Waals surface area contributed by atoms with E-state index in [1.165, 1.54) is 57.8 Å². The smallest absolute Gasteiger partial charge is 1.00 e. The molecule has 0 amide bonds. The molecule has 9 rings (SSSR count). The molecule has 38 heavy (non-hydrogen) atoms. The molecule has 0 saturated heterocycles. The molecule has 0 aromatic heterocycles. The van der Waals surface area contributed by atoms with Crippen LogP contribution in [0.1, 0.15) is 98.7 Å². The second kappa shape index (κ2) is 10.6. The Morgan fingerprint density at radius 1 is 0.711 bits per heavy atom. The number of fused-ring (bicyclic) bond motifs is 3. The molecular weight excluding hydrogens is 583 g/mol. The van der Waals surface area contributed by atoms with Gasteiger partial charge in [-0.15, -0.1) is 0 Å². The summed E-state index contributed by atoms with van der Waals surface area (Å²) in [6.45, 7) is 2.52. The molecule has 0 heterocycles. The van der Waals surface area contributed by atoms with E-state index in [4.69, 9.17) is 0 Å². The quantitative estimate of drug-likeness (QED) is 0.493. The molecule has 0 atom stereocenters. The van der Waals surface area contributed by atoms with Crippen LogP contribution in [0.2, 0.25) is 0 Å². The van der Waals surface area contributed by atoms with Crippen LogP contribution in [0.3, 0.4) is 0 Å². The average Bonchev–Trinajstić information content (AvgIpc) is 3.43. The third-order valence-electron chi connectivity index (χ3n) is 11.2. The molecule has 0 N–H and O–H groups in total. The predicted octanol–water partition coefficient (Wildman–Crippen LogP) is 3.34. The van der Waals surface area contributed by atoms with Crippen molar-refractivity contribution in [1.29, 1.82) is 0 Å².